The van der Waals surface area contributed by atoms with E-state index in [1.54, 1.807) is 0 Å². The summed E-state index contributed by atoms with van der Waals surface area (Å²) in [4.78, 5) is 10.8. The van der Waals surface area contributed by atoms with Crippen molar-refractivity contribution in [3.8, 4) is 11.5 Å². The predicted molar refractivity (Wildman–Crippen MR) is 74.2 cm³/mol. The molecule has 7 nitrogen and oxygen atoms in total. The Balaban J connectivity index is 3.21. The lowest BCUT2D eigenvalue weighted by molar-refractivity contribution is -0.136. The molecule has 20 heavy (non-hydrogen) atoms. The van der Waals surface area contributed by atoms with Crippen LogP contribution in [-0.2, 0) is 14.8 Å². The van der Waals surface area contributed by atoms with E-state index in [2.05, 4.69) is 4.72 Å². The third-order valence-electron chi connectivity index (χ3n) is 2.54. The van der Waals surface area contributed by atoms with Gasteiger partial charge in [-0.2, -0.15) is 0 Å². The second-order valence-corrected chi connectivity index (χ2v) is 6.22. The molecule has 1 unspecified atom stereocenters. The van der Waals surface area contributed by atoms with Crippen molar-refractivity contribution in [1.82, 2.24) is 0 Å². The number of carbonyl (C=O) groups is 1. The number of rotatable bonds is 6. The number of benzene rings is 1. The van der Waals surface area contributed by atoms with Gasteiger partial charge in [0, 0.05) is 6.07 Å². The number of halogens is 1. The van der Waals surface area contributed by atoms with E-state index >= 15 is 0 Å². The molecule has 0 aromatic heterocycles. The number of anilines is 1. The van der Waals surface area contributed by atoms with Gasteiger partial charge in [0.15, 0.2) is 5.25 Å². The van der Waals surface area contributed by atoms with Gasteiger partial charge in [-0.3, -0.25) is 9.52 Å². The van der Waals surface area contributed by atoms with Gasteiger partial charge >= 0.3 is 5.97 Å². The fraction of sp³-hybridized carbons (Fsp3) is 0.364. The van der Waals surface area contributed by atoms with Crippen molar-refractivity contribution in [3.63, 3.8) is 0 Å². The number of hydrogen-bond donors (Lipinski definition) is 2. The van der Waals surface area contributed by atoms with Gasteiger partial charge in [-0.1, -0.05) is 11.6 Å². The van der Waals surface area contributed by atoms with E-state index in [1.165, 1.54) is 26.4 Å². The molecule has 1 rings (SSSR count). The number of hydrogen-bond acceptors (Lipinski definition) is 5. The molecule has 0 heterocycles. The standard InChI is InChI=1S/C11H14ClNO6S/c1-6(11(14)15)20(16,17)13-8-4-7(12)9(18-2)5-10(8)19-3/h4-6,13H,1-3H3,(H,14,15). The molecule has 1 atom stereocenters. The van der Waals surface area contributed by atoms with E-state index in [-0.39, 0.29) is 16.5 Å². The Morgan fingerprint density at radius 1 is 1.30 bits per heavy atom. The van der Waals surface area contributed by atoms with Crippen LogP contribution in [0.3, 0.4) is 0 Å². The van der Waals surface area contributed by atoms with Gasteiger partial charge in [0.2, 0.25) is 10.0 Å². The number of ether oxygens (including phenoxy) is 2. The molecule has 0 aliphatic carbocycles. The summed E-state index contributed by atoms with van der Waals surface area (Å²) in [6, 6.07) is 2.68. The summed E-state index contributed by atoms with van der Waals surface area (Å²) in [5.41, 5.74) is 0.0337. The van der Waals surface area contributed by atoms with Crippen molar-refractivity contribution in [3.05, 3.63) is 17.2 Å². The predicted octanol–water partition coefficient (Wildman–Crippen LogP) is 1.57. The normalized spacial score (nSPS) is 12.6. The minimum Gasteiger partial charge on any atom is -0.495 e. The van der Waals surface area contributed by atoms with Crippen LogP contribution >= 0.6 is 11.6 Å². The highest BCUT2D eigenvalue weighted by Gasteiger charge is 2.28. The zero-order valence-corrected chi connectivity index (χ0v) is 12.6. The molecule has 1 aromatic carbocycles. The summed E-state index contributed by atoms with van der Waals surface area (Å²) in [5, 5.41) is 7.31. The SMILES string of the molecule is COc1cc(OC)c(NS(=O)(=O)C(C)C(=O)O)cc1Cl. The second-order valence-electron chi connectivity index (χ2n) is 3.81. The fourth-order valence-electron chi connectivity index (χ4n) is 1.31. The van der Waals surface area contributed by atoms with E-state index < -0.39 is 21.2 Å². The molecule has 2 N–H and O–H groups in total. The maximum Gasteiger partial charge on any atom is 0.323 e. The topological polar surface area (TPSA) is 102 Å². The van der Waals surface area contributed by atoms with Crippen molar-refractivity contribution in [2.75, 3.05) is 18.9 Å². The Labute approximate surface area is 121 Å². The van der Waals surface area contributed by atoms with Gasteiger partial charge in [-0.25, -0.2) is 8.42 Å². The van der Waals surface area contributed by atoms with E-state index in [9.17, 15) is 13.2 Å². The minimum atomic E-state index is -4.11. The Morgan fingerprint density at radius 3 is 2.30 bits per heavy atom. The minimum absolute atomic E-state index is 0.0337. The number of sulfonamides is 1. The molecule has 9 heteroatoms. The number of nitrogens with one attached hydrogen (secondary N) is 1. The zero-order valence-electron chi connectivity index (χ0n) is 11.0. The van der Waals surface area contributed by atoms with Crippen molar-refractivity contribution in [2.45, 2.75) is 12.2 Å². The Kier molecular flexibility index (Phi) is 5.07. The summed E-state index contributed by atoms with van der Waals surface area (Å²) in [5.74, 6) is -0.999. The van der Waals surface area contributed by atoms with Crippen molar-refractivity contribution in [2.24, 2.45) is 0 Å². The van der Waals surface area contributed by atoms with E-state index in [4.69, 9.17) is 26.2 Å². The molecule has 0 bridgehead atoms. The first-order chi connectivity index (χ1) is 9.22. The van der Waals surface area contributed by atoms with Crippen LogP contribution in [0.15, 0.2) is 12.1 Å². The zero-order chi connectivity index (χ0) is 15.5. The van der Waals surface area contributed by atoms with Crippen LogP contribution in [0.5, 0.6) is 11.5 Å². The molecule has 0 radical (unpaired) electrons. The average Bonchev–Trinajstić information content (AvgIpc) is 2.37. The second kappa shape index (κ2) is 6.19. The highest BCUT2D eigenvalue weighted by atomic mass is 35.5. The van der Waals surface area contributed by atoms with Crippen LogP contribution in [-0.4, -0.2) is 39.0 Å². The van der Waals surface area contributed by atoms with Gasteiger partial charge in [0.1, 0.15) is 11.5 Å². The third-order valence-corrected chi connectivity index (χ3v) is 4.47. The van der Waals surface area contributed by atoms with Crippen LogP contribution in [0.2, 0.25) is 5.02 Å². The summed E-state index contributed by atoms with van der Waals surface area (Å²) >= 11 is 5.90. The Bertz CT molecular complexity index is 616. The van der Waals surface area contributed by atoms with E-state index in [1.807, 2.05) is 0 Å². The van der Waals surface area contributed by atoms with Gasteiger partial charge in [-0.05, 0) is 13.0 Å². The van der Waals surface area contributed by atoms with Gasteiger partial charge in [0.25, 0.3) is 0 Å². The van der Waals surface area contributed by atoms with E-state index in [0.717, 1.165) is 6.92 Å². The van der Waals surface area contributed by atoms with Crippen molar-refractivity contribution < 1.29 is 27.8 Å². The highest BCUT2D eigenvalue weighted by molar-refractivity contribution is 7.94. The molecule has 0 amide bonds. The first-order valence-corrected chi connectivity index (χ1v) is 7.31. The monoisotopic (exact) mass is 323 g/mol. The summed E-state index contributed by atoms with van der Waals surface area (Å²) in [7, 11) is -1.38. The molecule has 0 fully saturated rings. The maximum atomic E-state index is 11.9. The first-order valence-electron chi connectivity index (χ1n) is 5.39. The maximum absolute atomic E-state index is 11.9. The molecule has 0 aliphatic heterocycles. The van der Waals surface area contributed by atoms with Crippen LogP contribution in [0.25, 0.3) is 0 Å². The summed E-state index contributed by atoms with van der Waals surface area (Å²) in [6.45, 7) is 1.06. The molecule has 0 saturated carbocycles. The molecule has 0 spiro atoms. The Hall–Kier alpha value is -1.67. The van der Waals surface area contributed by atoms with Crippen LogP contribution < -0.4 is 14.2 Å². The van der Waals surface area contributed by atoms with Crippen LogP contribution in [0.1, 0.15) is 6.92 Å². The lowest BCUT2D eigenvalue weighted by Gasteiger charge is -2.15. The number of aliphatic carboxylic acids is 1. The lowest BCUT2D eigenvalue weighted by atomic mass is 10.3. The molecule has 112 valence electrons. The van der Waals surface area contributed by atoms with Crippen LogP contribution in [0.4, 0.5) is 5.69 Å². The van der Waals surface area contributed by atoms with E-state index in [0.29, 0.717) is 5.75 Å². The van der Waals surface area contributed by atoms with Gasteiger partial charge < -0.3 is 14.6 Å². The van der Waals surface area contributed by atoms with Crippen molar-refractivity contribution in [1.29, 1.82) is 0 Å². The Morgan fingerprint density at radius 2 is 1.85 bits per heavy atom. The van der Waals surface area contributed by atoms with Crippen LogP contribution in [0, 0.1) is 0 Å². The largest absolute Gasteiger partial charge is 0.495 e. The highest BCUT2D eigenvalue weighted by Crippen LogP contribution is 2.36. The quantitative estimate of drug-likeness (QED) is 0.824. The fourth-order valence-corrected chi connectivity index (χ4v) is 2.46. The average molecular weight is 324 g/mol. The number of methoxy groups -OCH3 is 2. The smallest absolute Gasteiger partial charge is 0.323 e. The third kappa shape index (κ3) is 3.45. The molecular formula is C11H14ClNO6S. The summed E-state index contributed by atoms with van der Waals surface area (Å²) < 4.78 is 35.8. The molecular weight excluding hydrogens is 310 g/mol. The molecule has 1 aromatic rings. The number of carboxylic acid groups (broad SMARTS) is 1. The lowest BCUT2D eigenvalue weighted by Crippen LogP contribution is -2.32. The molecule has 0 saturated heterocycles. The number of carboxylic acids is 1. The first kappa shape index (κ1) is 16.4. The molecule has 0 aliphatic rings. The van der Waals surface area contributed by atoms with Gasteiger partial charge in [-0.15, -0.1) is 0 Å². The van der Waals surface area contributed by atoms with Crippen molar-refractivity contribution >= 4 is 33.3 Å². The summed E-state index contributed by atoms with van der Waals surface area (Å²) in [6.07, 6.45) is 0. The van der Waals surface area contributed by atoms with Gasteiger partial charge in [0.05, 0.1) is 24.9 Å².